The number of hydrogen-bond donors (Lipinski definition) is 0. The maximum absolute atomic E-state index is 13.3. The fourth-order valence-electron chi connectivity index (χ4n) is 3.50. The van der Waals surface area contributed by atoms with E-state index in [1.807, 2.05) is 0 Å². The molecule has 2 aliphatic heterocycles. The number of rotatable bonds is 2. The number of piperidine rings is 2. The molecule has 3 heterocycles. The third-order valence-corrected chi connectivity index (χ3v) is 5.30. The van der Waals surface area contributed by atoms with Crippen LogP contribution in [-0.4, -0.2) is 47.9 Å². The van der Waals surface area contributed by atoms with Crippen LogP contribution < -0.4 is 4.90 Å². The highest BCUT2D eigenvalue weighted by molar-refractivity contribution is 6.33. The first kappa shape index (κ1) is 20.1. The van der Waals surface area contributed by atoms with E-state index in [-0.39, 0.29) is 49.2 Å². The molecule has 1 unspecified atom stereocenters. The minimum atomic E-state index is -4.54. The Morgan fingerprint density at radius 2 is 1.89 bits per heavy atom. The highest BCUT2D eigenvalue weighted by Gasteiger charge is 2.38. The van der Waals surface area contributed by atoms with E-state index in [4.69, 9.17) is 11.6 Å². The Kier molecular flexibility index (Phi) is 5.52. The number of alkyl halides is 5. The second-order valence-corrected chi connectivity index (χ2v) is 7.40. The van der Waals surface area contributed by atoms with Crippen LogP contribution in [0.5, 0.6) is 0 Å². The van der Waals surface area contributed by atoms with Crippen molar-refractivity contribution in [1.82, 2.24) is 9.88 Å². The number of hydrogen-bond acceptors (Lipinski definition) is 3. The molecule has 1 aromatic rings. The molecule has 0 aliphatic carbocycles. The van der Waals surface area contributed by atoms with Crippen molar-refractivity contribution in [2.24, 2.45) is 5.92 Å². The average Bonchev–Trinajstić information content (AvgIpc) is 2.60. The summed E-state index contributed by atoms with van der Waals surface area (Å²) in [5, 5.41) is -0.129. The van der Waals surface area contributed by atoms with Crippen molar-refractivity contribution in [3.63, 3.8) is 0 Å². The van der Waals surface area contributed by atoms with E-state index >= 15 is 0 Å². The van der Waals surface area contributed by atoms with Gasteiger partial charge in [-0.2, -0.15) is 13.2 Å². The molecule has 2 fully saturated rings. The average molecular weight is 412 g/mol. The molecule has 0 N–H and O–H groups in total. The number of aromatic nitrogens is 1. The van der Waals surface area contributed by atoms with Gasteiger partial charge in [0.15, 0.2) is 0 Å². The van der Waals surface area contributed by atoms with Gasteiger partial charge in [0.1, 0.15) is 5.82 Å². The summed E-state index contributed by atoms with van der Waals surface area (Å²) < 4.78 is 64.8. The van der Waals surface area contributed by atoms with Crippen molar-refractivity contribution in [2.45, 2.75) is 37.8 Å². The minimum Gasteiger partial charge on any atom is -0.355 e. The van der Waals surface area contributed by atoms with Gasteiger partial charge >= 0.3 is 6.18 Å². The molecule has 27 heavy (non-hydrogen) atoms. The van der Waals surface area contributed by atoms with Crippen LogP contribution in [-0.2, 0) is 11.0 Å². The Balaban J connectivity index is 1.68. The summed E-state index contributed by atoms with van der Waals surface area (Å²) in [5.74, 6) is -3.14. The van der Waals surface area contributed by atoms with E-state index in [0.717, 1.165) is 12.3 Å². The molecule has 2 saturated heterocycles. The van der Waals surface area contributed by atoms with Crippen LogP contribution in [0, 0.1) is 5.92 Å². The highest BCUT2D eigenvalue weighted by atomic mass is 35.5. The zero-order valence-corrected chi connectivity index (χ0v) is 15.2. The van der Waals surface area contributed by atoms with Crippen molar-refractivity contribution in [2.75, 3.05) is 31.1 Å². The molecule has 4 nitrogen and oxygen atoms in total. The predicted octanol–water partition coefficient (Wildman–Crippen LogP) is 4.23. The topological polar surface area (TPSA) is 36.4 Å². The fraction of sp³-hybridized carbons (Fsp3) is 0.647. The van der Waals surface area contributed by atoms with Gasteiger partial charge in [0.2, 0.25) is 5.91 Å². The smallest absolute Gasteiger partial charge is 0.355 e. The lowest BCUT2D eigenvalue weighted by Gasteiger charge is -2.38. The van der Waals surface area contributed by atoms with Crippen LogP contribution in [0.15, 0.2) is 12.3 Å². The predicted molar refractivity (Wildman–Crippen MR) is 89.9 cm³/mol. The summed E-state index contributed by atoms with van der Waals surface area (Å²) in [6.07, 6.45) is -3.27. The summed E-state index contributed by atoms with van der Waals surface area (Å²) in [5.41, 5.74) is -0.935. The van der Waals surface area contributed by atoms with Crippen LogP contribution >= 0.6 is 11.6 Å². The molecule has 1 aromatic heterocycles. The highest BCUT2D eigenvalue weighted by Crippen LogP contribution is 2.35. The van der Waals surface area contributed by atoms with Crippen LogP contribution in [0.1, 0.15) is 31.2 Å². The number of anilines is 1. The minimum absolute atomic E-state index is 0.0155. The van der Waals surface area contributed by atoms with Gasteiger partial charge in [0.05, 0.1) is 16.5 Å². The van der Waals surface area contributed by atoms with Crippen molar-refractivity contribution in [3.05, 3.63) is 22.8 Å². The summed E-state index contributed by atoms with van der Waals surface area (Å²) in [7, 11) is 0. The Labute approximate surface area is 158 Å². The molecule has 2 aliphatic rings. The zero-order chi connectivity index (χ0) is 19.8. The van der Waals surface area contributed by atoms with Gasteiger partial charge in [0, 0.05) is 45.2 Å². The summed E-state index contributed by atoms with van der Waals surface area (Å²) in [4.78, 5) is 19.6. The quantitative estimate of drug-likeness (QED) is 0.683. The lowest BCUT2D eigenvalue weighted by Crippen LogP contribution is -2.49. The Hall–Kier alpha value is -1.64. The maximum Gasteiger partial charge on any atom is 0.417 e. The van der Waals surface area contributed by atoms with Crippen LogP contribution in [0.3, 0.4) is 0 Å². The van der Waals surface area contributed by atoms with Crippen molar-refractivity contribution < 1.29 is 26.7 Å². The lowest BCUT2D eigenvalue weighted by atomic mass is 9.95. The fourth-order valence-corrected chi connectivity index (χ4v) is 3.79. The second-order valence-electron chi connectivity index (χ2n) is 6.99. The summed E-state index contributed by atoms with van der Waals surface area (Å²) >= 11 is 5.99. The number of carbonyl (C=O) groups excluding carboxylic acids is 1. The third-order valence-electron chi connectivity index (χ3n) is 5.03. The normalized spacial score (nSPS) is 23.4. The zero-order valence-electron chi connectivity index (χ0n) is 14.4. The summed E-state index contributed by atoms with van der Waals surface area (Å²) in [6.45, 7) is 0.799. The first-order valence-corrected chi connectivity index (χ1v) is 9.09. The standard InChI is InChI=1S/C17H19ClF5N3O/c18-13-8-12(17(21,22)23)9-24-14(13)26-5-1-2-11(10-26)15(27)25-6-3-16(19,20)4-7-25/h8-9,11H,1-7,10H2. The first-order valence-electron chi connectivity index (χ1n) is 8.71. The van der Waals surface area contributed by atoms with Crippen LogP contribution in [0.4, 0.5) is 27.8 Å². The lowest BCUT2D eigenvalue weighted by molar-refractivity contribution is -0.142. The van der Waals surface area contributed by atoms with Gasteiger partial charge in [-0.1, -0.05) is 11.6 Å². The van der Waals surface area contributed by atoms with E-state index in [1.165, 1.54) is 4.90 Å². The number of carbonyl (C=O) groups is 1. The van der Waals surface area contributed by atoms with E-state index in [0.29, 0.717) is 19.4 Å². The molecular formula is C17H19ClF5N3O. The van der Waals surface area contributed by atoms with Crippen LogP contribution in [0.25, 0.3) is 0 Å². The number of pyridine rings is 1. The van der Waals surface area contributed by atoms with E-state index in [2.05, 4.69) is 4.98 Å². The molecule has 150 valence electrons. The molecule has 0 saturated carbocycles. The first-order chi connectivity index (χ1) is 12.6. The van der Waals surface area contributed by atoms with E-state index in [1.54, 1.807) is 4.90 Å². The Bertz CT molecular complexity index is 702. The molecule has 10 heteroatoms. The molecule has 3 rings (SSSR count). The van der Waals surface area contributed by atoms with E-state index < -0.39 is 23.6 Å². The Morgan fingerprint density at radius 1 is 1.22 bits per heavy atom. The third kappa shape index (κ3) is 4.62. The Morgan fingerprint density at radius 3 is 2.48 bits per heavy atom. The largest absolute Gasteiger partial charge is 0.417 e. The van der Waals surface area contributed by atoms with Gasteiger partial charge in [0.25, 0.3) is 5.92 Å². The van der Waals surface area contributed by atoms with Crippen molar-refractivity contribution >= 4 is 23.3 Å². The van der Waals surface area contributed by atoms with Crippen molar-refractivity contribution in [1.29, 1.82) is 0 Å². The van der Waals surface area contributed by atoms with Gasteiger partial charge in [-0.25, -0.2) is 13.8 Å². The number of amides is 1. The molecule has 0 aromatic carbocycles. The number of nitrogens with zero attached hydrogens (tertiary/aromatic N) is 3. The van der Waals surface area contributed by atoms with Gasteiger partial charge in [-0.3, -0.25) is 4.79 Å². The molecule has 1 amide bonds. The molecule has 1 atom stereocenters. The number of likely N-dealkylation sites (tertiary alicyclic amines) is 1. The number of halogens is 6. The molecule has 0 bridgehead atoms. The SMILES string of the molecule is O=C(C1CCCN(c2ncc(C(F)(F)F)cc2Cl)C1)N1CCC(F)(F)CC1. The van der Waals surface area contributed by atoms with Gasteiger partial charge < -0.3 is 9.80 Å². The van der Waals surface area contributed by atoms with Gasteiger partial charge in [-0.05, 0) is 18.9 Å². The van der Waals surface area contributed by atoms with Gasteiger partial charge in [-0.15, -0.1) is 0 Å². The van der Waals surface area contributed by atoms with Crippen LogP contribution in [0.2, 0.25) is 5.02 Å². The van der Waals surface area contributed by atoms with Crippen molar-refractivity contribution in [3.8, 4) is 0 Å². The maximum atomic E-state index is 13.3. The molecule has 0 radical (unpaired) electrons. The summed E-state index contributed by atoms with van der Waals surface area (Å²) in [6, 6.07) is 0.821. The van der Waals surface area contributed by atoms with E-state index in [9.17, 15) is 26.7 Å². The molecule has 0 spiro atoms. The monoisotopic (exact) mass is 411 g/mol. The second kappa shape index (κ2) is 7.41. The molecular weight excluding hydrogens is 393 g/mol.